The number of nitrogens with zero attached hydrogens (tertiary/aromatic N) is 3. The van der Waals surface area contributed by atoms with E-state index in [2.05, 4.69) is 10.3 Å². The number of rotatable bonds is 6. The molecule has 27 heavy (non-hydrogen) atoms. The van der Waals surface area contributed by atoms with E-state index in [1.807, 2.05) is 39.9 Å². The molecule has 142 valence electrons. The quantitative estimate of drug-likeness (QED) is 0.854. The number of hydrogen-bond donors (Lipinski definition) is 1. The lowest BCUT2D eigenvalue weighted by Gasteiger charge is -2.37. The number of carbonyl (C=O) groups excluding carboxylic acids is 2. The van der Waals surface area contributed by atoms with Crippen molar-refractivity contribution in [1.82, 2.24) is 19.8 Å². The van der Waals surface area contributed by atoms with Crippen molar-refractivity contribution >= 4 is 11.8 Å². The molecule has 6 nitrogen and oxygen atoms in total. The van der Waals surface area contributed by atoms with Gasteiger partial charge in [0.15, 0.2) is 0 Å². The molecule has 2 aromatic rings. The van der Waals surface area contributed by atoms with Crippen molar-refractivity contribution in [3.63, 3.8) is 0 Å². The number of amides is 2. The Morgan fingerprint density at radius 3 is 2.85 bits per heavy atom. The number of pyridine rings is 1. The molecule has 1 fully saturated rings. The van der Waals surface area contributed by atoms with Crippen LogP contribution < -0.4 is 5.32 Å². The van der Waals surface area contributed by atoms with E-state index in [9.17, 15) is 9.59 Å². The smallest absolute Gasteiger partial charge is 0.271 e. The number of carbonyl (C=O) groups is 2. The van der Waals surface area contributed by atoms with Crippen LogP contribution in [0.2, 0.25) is 0 Å². The minimum absolute atomic E-state index is 0.00476. The van der Waals surface area contributed by atoms with Crippen LogP contribution in [-0.2, 0) is 17.9 Å². The molecule has 1 aliphatic carbocycles. The zero-order valence-electron chi connectivity index (χ0n) is 15.5. The Bertz CT molecular complexity index is 796. The standard InChI is InChI=1S/C21H26N4O2/c26-20(11-16-5-1-2-6-16)23-13-18-15-24-10-4-8-19(24)21(27)25(18)14-17-7-3-9-22-12-17/h3-4,7-10,12,16,18H,1-2,5-6,11,13-15H2,(H,23,26). The second-order valence-electron chi connectivity index (χ2n) is 7.65. The monoisotopic (exact) mass is 366 g/mol. The molecule has 1 unspecified atom stereocenters. The average molecular weight is 366 g/mol. The van der Waals surface area contributed by atoms with Crippen LogP contribution in [0.25, 0.3) is 0 Å². The first-order valence-corrected chi connectivity index (χ1v) is 9.82. The van der Waals surface area contributed by atoms with Gasteiger partial charge in [-0.15, -0.1) is 0 Å². The first-order valence-electron chi connectivity index (χ1n) is 9.82. The maximum Gasteiger partial charge on any atom is 0.271 e. The Balaban J connectivity index is 1.44. The zero-order valence-corrected chi connectivity index (χ0v) is 15.5. The molecule has 1 aliphatic heterocycles. The van der Waals surface area contributed by atoms with Crippen molar-refractivity contribution in [2.24, 2.45) is 5.92 Å². The summed E-state index contributed by atoms with van der Waals surface area (Å²) in [7, 11) is 0. The first-order chi connectivity index (χ1) is 13.2. The number of aromatic nitrogens is 2. The van der Waals surface area contributed by atoms with Crippen LogP contribution in [0, 0.1) is 5.92 Å². The van der Waals surface area contributed by atoms with E-state index in [1.165, 1.54) is 12.8 Å². The van der Waals surface area contributed by atoms with Crippen LogP contribution in [0.5, 0.6) is 0 Å². The molecule has 2 amide bonds. The summed E-state index contributed by atoms with van der Waals surface area (Å²) in [5.74, 6) is 0.639. The summed E-state index contributed by atoms with van der Waals surface area (Å²) in [6.07, 6.45) is 10.9. The lowest BCUT2D eigenvalue weighted by atomic mass is 10.0. The van der Waals surface area contributed by atoms with Crippen molar-refractivity contribution in [3.05, 3.63) is 54.1 Å². The van der Waals surface area contributed by atoms with Gasteiger partial charge in [-0.05, 0) is 42.5 Å². The molecule has 0 radical (unpaired) electrons. The van der Waals surface area contributed by atoms with Gasteiger partial charge in [-0.3, -0.25) is 14.6 Å². The highest BCUT2D eigenvalue weighted by atomic mass is 16.2. The molecule has 0 bridgehead atoms. The second-order valence-corrected chi connectivity index (χ2v) is 7.65. The minimum Gasteiger partial charge on any atom is -0.354 e. The fourth-order valence-electron chi connectivity index (χ4n) is 4.25. The molecular formula is C21H26N4O2. The molecule has 4 rings (SSSR count). The number of hydrogen-bond acceptors (Lipinski definition) is 3. The molecule has 0 aromatic carbocycles. The van der Waals surface area contributed by atoms with Gasteiger partial charge in [-0.25, -0.2) is 0 Å². The second kappa shape index (κ2) is 7.94. The summed E-state index contributed by atoms with van der Waals surface area (Å²) in [5, 5.41) is 3.08. The van der Waals surface area contributed by atoms with Crippen molar-refractivity contribution in [1.29, 1.82) is 0 Å². The van der Waals surface area contributed by atoms with Gasteiger partial charge < -0.3 is 14.8 Å². The maximum atomic E-state index is 13.0. The Morgan fingerprint density at radius 1 is 1.22 bits per heavy atom. The summed E-state index contributed by atoms with van der Waals surface area (Å²) < 4.78 is 1.98. The molecule has 1 saturated carbocycles. The summed E-state index contributed by atoms with van der Waals surface area (Å²) in [5.41, 5.74) is 1.69. The molecule has 1 atom stereocenters. The van der Waals surface area contributed by atoms with Crippen molar-refractivity contribution in [2.75, 3.05) is 6.54 Å². The van der Waals surface area contributed by atoms with Crippen molar-refractivity contribution < 1.29 is 9.59 Å². The number of fused-ring (bicyclic) bond motifs is 1. The minimum atomic E-state index is -0.0647. The largest absolute Gasteiger partial charge is 0.354 e. The van der Waals surface area contributed by atoms with Gasteiger partial charge in [0.1, 0.15) is 5.69 Å². The van der Waals surface area contributed by atoms with Gasteiger partial charge >= 0.3 is 0 Å². The normalized spacial score (nSPS) is 19.9. The van der Waals surface area contributed by atoms with Crippen LogP contribution in [0.3, 0.4) is 0 Å². The molecule has 0 spiro atoms. The highest BCUT2D eigenvalue weighted by molar-refractivity contribution is 5.93. The fourth-order valence-corrected chi connectivity index (χ4v) is 4.25. The third kappa shape index (κ3) is 4.04. The number of nitrogens with one attached hydrogen (secondary N) is 1. The predicted molar refractivity (Wildman–Crippen MR) is 102 cm³/mol. The lowest BCUT2D eigenvalue weighted by molar-refractivity contribution is -0.122. The molecule has 0 saturated heterocycles. The molecule has 2 aliphatic rings. The van der Waals surface area contributed by atoms with Gasteiger partial charge in [0, 0.05) is 44.6 Å². The SMILES string of the molecule is O=C(CC1CCCC1)NCC1Cn2cccc2C(=O)N1Cc1cccnc1. The van der Waals surface area contributed by atoms with Gasteiger partial charge in [0.05, 0.1) is 6.04 Å². The Labute approximate surface area is 159 Å². The highest BCUT2D eigenvalue weighted by Crippen LogP contribution is 2.27. The Hall–Kier alpha value is -2.63. The Morgan fingerprint density at radius 2 is 2.07 bits per heavy atom. The van der Waals surface area contributed by atoms with Crippen LogP contribution >= 0.6 is 0 Å². The average Bonchev–Trinajstić information content (AvgIpc) is 3.35. The van der Waals surface area contributed by atoms with E-state index < -0.39 is 0 Å². The van der Waals surface area contributed by atoms with Crippen LogP contribution in [0.4, 0.5) is 0 Å². The van der Waals surface area contributed by atoms with E-state index in [-0.39, 0.29) is 17.9 Å². The van der Waals surface area contributed by atoms with Gasteiger partial charge in [-0.2, -0.15) is 0 Å². The van der Waals surface area contributed by atoms with Gasteiger partial charge in [0.2, 0.25) is 5.91 Å². The summed E-state index contributed by atoms with van der Waals surface area (Å²) in [4.78, 5) is 31.4. The van der Waals surface area contributed by atoms with E-state index >= 15 is 0 Å². The molecule has 1 N–H and O–H groups in total. The zero-order chi connectivity index (χ0) is 18.6. The highest BCUT2D eigenvalue weighted by Gasteiger charge is 2.32. The van der Waals surface area contributed by atoms with E-state index in [1.54, 1.807) is 12.4 Å². The topological polar surface area (TPSA) is 67.2 Å². The fraction of sp³-hybridized carbons (Fsp3) is 0.476. The Kier molecular flexibility index (Phi) is 5.23. The molecule has 2 aromatic heterocycles. The first kappa shape index (κ1) is 17.8. The van der Waals surface area contributed by atoms with Crippen molar-refractivity contribution in [3.8, 4) is 0 Å². The molecular weight excluding hydrogens is 340 g/mol. The van der Waals surface area contributed by atoms with E-state index in [0.29, 0.717) is 37.7 Å². The van der Waals surface area contributed by atoms with Crippen LogP contribution in [0.1, 0.15) is 48.2 Å². The van der Waals surface area contributed by atoms with Crippen LogP contribution in [-0.4, -0.2) is 38.9 Å². The molecule has 6 heteroatoms. The lowest BCUT2D eigenvalue weighted by Crippen LogP contribution is -2.52. The van der Waals surface area contributed by atoms with Crippen molar-refractivity contribution in [2.45, 2.75) is 51.2 Å². The van der Waals surface area contributed by atoms with E-state index in [4.69, 9.17) is 0 Å². The van der Waals surface area contributed by atoms with E-state index in [0.717, 1.165) is 18.4 Å². The maximum absolute atomic E-state index is 13.0. The van der Waals surface area contributed by atoms with Crippen LogP contribution in [0.15, 0.2) is 42.9 Å². The third-order valence-electron chi connectivity index (χ3n) is 5.72. The third-order valence-corrected chi connectivity index (χ3v) is 5.72. The van der Waals surface area contributed by atoms with Gasteiger partial charge in [0.25, 0.3) is 5.91 Å². The summed E-state index contributed by atoms with van der Waals surface area (Å²) >= 11 is 0. The van der Waals surface area contributed by atoms with Gasteiger partial charge in [-0.1, -0.05) is 18.9 Å². The predicted octanol–water partition coefficient (Wildman–Crippen LogP) is 2.60. The molecule has 3 heterocycles. The summed E-state index contributed by atoms with van der Waals surface area (Å²) in [6.45, 7) is 1.67. The summed E-state index contributed by atoms with van der Waals surface area (Å²) in [6, 6.07) is 7.54.